The van der Waals surface area contributed by atoms with Gasteiger partial charge in [-0.1, -0.05) is 17.8 Å². The van der Waals surface area contributed by atoms with Crippen molar-refractivity contribution in [1.82, 2.24) is 10.3 Å². The van der Waals surface area contributed by atoms with Crippen LogP contribution in [0.1, 0.15) is 24.2 Å². The van der Waals surface area contributed by atoms with E-state index in [9.17, 15) is 8.78 Å². The fourth-order valence-electron chi connectivity index (χ4n) is 1.85. The molecule has 0 amide bonds. The van der Waals surface area contributed by atoms with Gasteiger partial charge in [-0.25, -0.2) is 4.98 Å². The van der Waals surface area contributed by atoms with Gasteiger partial charge in [-0.2, -0.15) is 8.78 Å². The van der Waals surface area contributed by atoms with E-state index in [0.717, 1.165) is 11.3 Å². The average Bonchev–Trinajstić information content (AvgIpc) is 2.98. The molecule has 0 aliphatic heterocycles. The highest BCUT2D eigenvalue weighted by atomic mass is 32.2. The summed E-state index contributed by atoms with van der Waals surface area (Å²) in [7, 11) is 1.49. The normalized spacial score (nSPS) is 12.6. The molecule has 0 bridgehead atoms. The number of hydrogen-bond acceptors (Lipinski definition) is 5. The molecule has 0 fully saturated rings. The van der Waals surface area contributed by atoms with E-state index in [4.69, 9.17) is 4.74 Å². The van der Waals surface area contributed by atoms with Crippen molar-refractivity contribution in [1.29, 1.82) is 0 Å². The summed E-state index contributed by atoms with van der Waals surface area (Å²) >= 11 is 2.05. The van der Waals surface area contributed by atoms with Gasteiger partial charge in [0.2, 0.25) is 0 Å². The third kappa shape index (κ3) is 4.66. The Balaban J connectivity index is 2.05. The predicted molar refractivity (Wildman–Crippen MR) is 82.2 cm³/mol. The van der Waals surface area contributed by atoms with Gasteiger partial charge in [0.05, 0.1) is 23.2 Å². The Bertz CT molecular complexity index is 564. The van der Waals surface area contributed by atoms with Crippen molar-refractivity contribution in [3.63, 3.8) is 0 Å². The van der Waals surface area contributed by atoms with E-state index < -0.39 is 5.76 Å². The van der Waals surface area contributed by atoms with E-state index in [1.165, 1.54) is 7.11 Å². The minimum atomic E-state index is -2.45. The number of nitrogens with one attached hydrogen (secondary N) is 1. The first-order valence-corrected chi connectivity index (χ1v) is 8.15. The maximum atomic E-state index is 12.5. The zero-order valence-corrected chi connectivity index (χ0v) is 13.3. The Morgan fingerprint density at radius 2 is 2.24 bits per heavy atom. The molecule has 0 radical (unpaired) electrons. The van der Waals surface area contributed by atoms with Crippen LogP contribution in [-0.2, 0) is 6.54 Å². The fraction of sp³-hybridized carbons (Fsp3) is 0.357. The number of nitrogens with zero attached hydrogens (tertiary/aromatic N) is 1. The van der Waals surface area contributed by atoms with Gasteiger partial charge in [0.25, 0.3) is 5.76 Å². The first-order valence-electron chi connectivity index (χ1n) is 6.33. The van der Waals surface area contributed by atoms with Crippen molar-refractivity contribution in [2.24, 2.45) is 0 Å². The van der Waals surface area contributed by atoms with Crippen molar-refractivity contribution >= 4 is 23.1 Å². The lowest BCUT2D eigenvalue weighted by atomic mass is 10.1. The van der Waals surface area contributed by atoms with E-state index in [-0.39, 0.29) is 6.04 Å². The van der Waals surface area contributed by atoms with Crippen molar-refractivity contribution in [2.75, 3.05) is 7.11 Å². The molecule has 114 valence electrons. The number of thioether (sulfide) groups is 1. The van der Waals surface area contributed by atoms with E-state index in [0.29, 0.717) is 29.0 Å². The minimum absolute atomic E-state index is 0.0752. The van der Waals surface area contributed by atoms with E-state index >= 15 is 0 Å². The minimum Gasteiger partial charge on any atom is -0.496 e. The van der Waals surface area contributed by atoms with Crippen LogP contribution < -0.4 is 10.1 Å². The second kappa shape index (κ2) is 7.72. The molecule has 2 rings (SSSR count). The number of aromatic nitrogens is 1. The number of halogens is 2. The first-order chi connectivity index (χ1) is 10.1. The third-order valence-electron chi connectivity index (χ3n) is 2.98. The number of methoxy groups -OCH3 is 1. The van der Waals surface area contributed by atoms with Crippen LogP contribution >= 0.6 is 23.1 Å². The van der Waals surface area contributed by atoms with Crippen molar-refractivity contribution in [2.45, 2.75) is 30.2 Å². The summed E-state index contributed by atoms with van der Waals surface area (Å²) in [5.74, 6) is -1.98. The van der Waals surface area contributed by atoms with Crippen LogP contribution in [-0.4, -0.2) is 17.9 Å². The molecule has 1 N–H and O–H groups in total. The maximum Gasteiger partial charge on any atom is 0.289 e. The Kier molecular flexibility index (Phi) is 5.96. The molecule has 0 aliphatic rings. The number of benzene rings is 1. The highest BCUT2D eigenvalue weighted by Crippen LogP contribution is 2.35. The number of rotatable bonds is 7. The summed E-state index contributed by atoms with van der Waals surface area (Å²) in [6.45, 7) is 2.68. The van der Waals surface area contributed by atoms with E-state index in [1.54, 1.807) is 29.0 Å². The SMILES string of the molecule is COc1cc(C(C)NCc2cscn2)ccc1SC(F)F. The standard InChI is InChI=1S/C14H16F2N2OS2/c1-9(17-6-11-7-20-8-18-11)10-3-4-13(21-14(15)16)12(5-10)19-2/h3-5,7-9,14,17H,6H2,1-2H3. The van der Waals surface area contributed by atoms with E-state index in [1.807, 2.05) is 18.4 Å². The molecule has 1 aromatic heterocycles. The summed E-state index contributed by atoms with van der Waals surface area (Å²) in [5.41, 5.74) is 3.77. The van der Waals surface area contributed by atoms with Crippen LogP contribution in [0.5, 0.6) is 5.75 Å². The van der Waals surface area contributed by atoms with Gasteiger partial charge in [0, 0.05) is 18.0 Å². The topological polar surface area (TPSA) is 34.1 Å². The summed E-state index contributed by atoms with van der Waals surface area (Å²) in [4.78, 5) is 4.65. The highest BCUT2D eigenvalue weighted by molar-refractivity contribution is 7.99. The second-order valence-electron chi connectivity index (χ2n) is 4.37. The largest absolute Gasteiger partial charge is 0.496 e. The van der Waals surface area contributed by atoms with Gasteiger partial charge < -0.3 is 10.1 Å². The molecule has 0 saturated heterocycles. The van der Waals surface area contributed by atoms with E-state index in [2.05, 4.69) is 10.3 Å². The lowest BCUT2D eigenvalue weighted by molar-refractivity contribution is 0.251. The lowest BCUT2D eigenvalue weighted by Crippen LogP contribution is -2.18. The molecule has 0 aliphatic carbocycles. The summed E-state index contributed by atoms with van der Waals surface area (Å²) in [6.07, 6.45) is 0. The van der Waals surface area contributed by atoms with Crippen molar-refractivity contribution in [3.8, 4) is 5.75 Å². The third-order valence-corrected chi connectivity index (χ3v) is 4.38. The van der Waals surface area contributed by atoms with Gasteiger partial charge >= 0.3 is 0 Å². The Morgan fingerprint density at radius 3 is 2.86 bits per heavy atom. The monoisotopic (exact) mass is 330 g/mol. The van der Waals surface area contributed by atoms with Crippen molar-refractivity contribution in [3.05, 3.63) is 40.3 Å². The number of hydrogen-bond donors (Lipinski definition) is 1. The average molecular weight is 330 g/mol. The second-order valence-corrected chi connectivity index (χ2v) is 6.12. The highest BCUT2D eigenvalue weighted by Gasteiger charge is 2.13. The quantitative estimate of drug-likeness (QED) is 0.767. The molecular formula is C14H16F2N2OS2. The summed E-state index contributed by atoms with van der Waals surface area (Å²) in [5, 5.41) is 5.34. The summed E-state index contributed by atoms with van der Waals surface area (Å²) in [6, 6.07) is 5.38. The molecule has 1 unspecified atom stereocenters. The molecule has 1 heterocycles. The maximum absolute atomic E-state index is 12.5. The molecule has 1 aromatic carbocycles. The summed E-state index contributed by atoms with van der Waals surface area (Å²) < 4.78 is 30.1. The Hall–Kier alpha value is -1.18. The zero-order valence-electron chi connectivity index (χ0n) is 11.7. The van der Waals surface area contributed by atoms with Crippen LogP contribution in [0.2, 0.25) is 0 Å². The van der Waals surface area contributed by atoms with Gasteiger partial charge in [0.15, 0.2) is 0 Å². The number of thiazole rings is 1. The molecule has 0 spiro atoms. The fourth-order valence-corrected chi connectivity index (χ4v) is 3.00. The molecule has 7 heteroatoms. The molecule has 3 nitrogen and oxygen atoms in total. The van der Waals surface area contributed by atoms with Gasteiger partial charge in [0.1, 0.15) is 5.75 Å². The first kappa shape index (κ1) is 16.2. The van der Waals surface area contributed by atoms with Gasteiger partial charge in [-0.3, -0.25) is 0 Å². The number of ether oxygens (including phenoxy) is 1. The molecule has 1 atom stereocenters. The lowest BCUT2D eigenvalue weighted by Gasteiger charge is -2.16. The zero-order chi connectivity index (χ0) is 15.2. The van der Waals surface area contributed by atoms with Crippen molar-refractivity contribution < 1.29 is 13.5 Å². The van der Waals surface area contributed by atoms with Gasteiger partial charge in [-0.15, -0.1) is 11.3 Å². The smallest absolute Gasteiger partial charge is 0.289 e. The molecular weight excluding hydrogens is 314 g/mol. The number of alkyl halides is 2. The van der Waals surface area contributed by atoms with Crippen LogP contribution in [0.3, 0.4) is 0 Å². The Morgan fingerprint density at radius 1 is 1.43 bits per heavy atom. The molecule has 21 heavy (non-hydrogen) atoms. The van der Waals surface area contributed by atoms with Crippen LogP contribution in [0.15, 0.2) is 34.0 Å². The van der Waals surface area contributed by atoms with Crippen LogP contribution in [0.4, 0.5) is 8.78 Å². The predicted octanol–water partition coefficient (Wildman–Crippen LogP) is 4.32. The Labute approximate surface area is 130 Å². The molecule has 2 aromatic rings. The van der Waals surface area contributed by atoms with Gasteiger partial charge in [-0.05, 0) is 24.6 Å². The van der Waals surface area contributed by atoms with Crippen LogP contribution in [0.25, 0.3) is 0 Å². The molecule has 0 saturated carbocycles. The van der Waals surface area contributed by atoms with Crippen LogP contribution in [0, 0.1) is 0 Å².